The first-order chi connectivity index (χ1) is 6.07. The van der Waals surface area contributed by atoms with Crippen LogP contribution in [0.25, 0.3) is 0 Å². The van der Waals surface area contributed by atoms with Gasteiger partial charge in [0.1, 0.15) is 0 Å². The Morgan fingerprint density at radius 1 is 1.46 bits per heavy atom. The Hall–Kier alpha value is -0.0700. The lowest BCUT2D eigenvalue weighted by Gasteiger charge is -2.08. The van der Waals surface area contributed by atoms with Gasteiger partial charge in [-0.25, -0.2) is 8.78 Å². The van der Waals surface area contributed by atoms with Crippen LogP contribution in [0, 0.1) is 0 Å². The van der Waals surface area contributed by atoms with E-state index in [4.69, 9.17) is 5.73 Å². The van der Waals surface area contributed by atoms with Crippen LogP contribution in [-0.2, 0) is 6.54 Å². The maximum Gasteiger partial charge on any atom is 0.266 e. The van der Waals surface area contributed by atoms with E-state index < -0.39 is 6.43 Å². The quantitative estimate of drug-likeness (QED) is 0.911. The van der Waals surface area contributed by atoms with Crippen molar-refractivity contribution in [3.8, 4) is 0 Å². The molecule has 0 atom stereocenters. The Morgan fingerprint density at radius 2 is 2.08 bits per heavy atom. The first kappa shape index (κ1) is 11.0. The van der Waals surface area contributed by atoms with Crippen molar-refractivity contribution in [3.63, 3.8) is 0 Å². The number of nitrogens with two attached hydrogens (primary N) is 1. The third-order valence-corrected chi connectivity index (χ3v) is 3.01. The standard InChI is InChI=1S/C7H6Br2F2N2/c8-3-2-13-4(1-12)6(9)5(3)7(10)11/h2,7H,1,12H2. The zero-order valence-corrected chi connectivity index (χ0v) is 9.57. The van der Waals surface area contributed by atoms with E-state index >= 15 is 0 Å². The molecule has 72 valence electrons. The Labute approximate surface area is 90.8 Å². The van der Waals surface area contributed by atoms with E-state index in [1.165, 1.54) is 6.20 Å². The van der Waals surface area contributed by atoms with E-state index in [0.29, 0.717) is 5.69 Å². The summed E-state index contributed by atoms with van der Waals surface area (Å²) in [6.45, 7) is 0.133. The number of pyridine rings is 1. The molecule has 0 aliphatic heterocycles. The van der Waals surface area contributed by atoms with Crippen LogP contribution in [0.5, 0.6) is 0 Å². The zero-order chi connectivity index (χ0) is 10.0. The number of alkyl halides is 2. The summed E-state index contributed by atoms with van der Waals surface area (Å²) in [5.74, 6) is 0. The summed E-state index contributed by atoms with van der Waals surface area (Å²) in [5, 5.41) is 0. The topological polar surface area (TPSA) is 38.9 Å². The molecule has 0 aliphatic rings. The fourth-order valence-corrected chi connectivity index (χ4v) is 2.25. The van der Waals surface area contributed by atoms with E-state index in [0.717, 1.165) is 0 Å². The van der Waals surface area contributed by atoms with E-state index in [1.807, 2.05) is 0 Å². The molecule has 0 fully saturated rings. The second-order valence-electron chi connectivity index (χ2n) is 2.29. The first-order valence-electron chi connectivity index (χ1n) is 3.39. The molecule has 1 aromatic heterocycles. The maximum atomic E-state index is 12.5. The molecule has 2 nitrogen and oxygen atoms in total. The average Bonchev–Trinajstić information content (AvgIpc) is 2.04. The lowest BCUT2D eigenvalue weighted by molar-refractivity contribution is 0.149. The van der Waals surface area contributed by atoms with Gasteiger partial charge in [0, 0.05) is 22.8 Å². The van der Waals surface area contributed by atoms with E-state index in [9.17, 15) is 8.78 Å². The summed E-state index contributed by atoms with van der Waals surface area (Å²) in [5.41, 5.74) is 5.64. The van der Waals surface area contributed by atoms with Crippen molar-refractivity contribution in [1.82, 2.24) is 4.98 Å². The molecule has 0 aliphatic carbocycles. The van der Waals surface area contributed by atoms with Gasteiger partial charge >= 0.3 is 0 Å². The van der Waals surface area contributed by atoms with Crippen LogP contribution in [0.4, 0.5) is 8.78 Å². The number of rotatable bonds is 2. The number of hydrogen-bond donors (Lipinski definition) is 1. The molecule has 0 bridgehead atoms. The van der Waals surface area contributed by atoms with E-state index in [1.54, 1.807) is 0 Å². The Kier molecular flexibility index (Phi) is 3.75. The van der Waals surface area contributed by atoms with Gasteiger partial charge < -0.3 is 5.73 Å². The largest absolute Gasteiger partial charge is 0.325 e. The SMILES string of the molecule is NCc1ncc(Br)c(C(F)F)c1Br. The summed E-state index contributed by atoms with van der Waals surface area (Å²) in [7, 11) is 0. The molecular weight excluding hydrogens is 310 g/mol. The van der Waals surface area contributed by atoms with Crippen molar-refractivity contribution in [3.05, 3.63) is 26.4 Å². The maximum absolute atomic E-state index is 12.5. The number of nitrogens with zero attached hydrogens (tertiary/aromatic N) is 1. The molecule has 1 rings (SSSR count). The predicted molar refractivity (Wildman–Crippen MR) is 52.5 cm³/mol. The molecule has 1 heterocycles. The van der Waals surface area contributed by atoms with Gasteiger partial charge in [-0.1, -0.05) is 0 Å². The van der Waals surface area contributed by atoms with Gasteiger partial charge in [0.2, 0.25) is 0 Å². The van der Waals surface area contributed by atoms with Gasteiger partial charge in [-0.05, 0) is 31.9 Å². The minimum atomic E-state index is -2.54. The highest BCUT2D eigenvalue weighted by atomic mass is 79.9. The zero-order valence-electron chi connectivity index (χ0n) is 6.40. The molecule has 0 saturated heterocycles. The minimum absolute atomic E-state index is 0.101. The van der Waals surface area contributed by atoms with Gasteiger partial charge in [0.25, 0.3) is 6.43 Å². The lowest BCUT2D eigenvalue weighted by atomic mass is 10.2. The monoisotopic (exact) mass is 314 g/mol. The number of halogens is 4. The van der Waals surface area contributed by atoms with Crippen LogP contribution in [-0.4, -0.2) is 4.98 Å². The van der Waals surface area contributed by atoms with Crippen LogP contribution in [0.3, 0.4) is 0 Å². The molecule has 0 unspecified atom stereocenters. The smallest absolute Gasteiger partial charge is 0.266 e. The fourth-order valence-electron chi connectivity index (χ4n) is 0.863. The summed E-state index contributed by atoms with van der Waals surface area (Å²) in [6, 6.07) is 0. The highest BCUT2D eigenvalue weighted by Crippen LogP contribution is 2.34. The first-order valence-corrected chi connectivity index (χ1v) is 4.97. The van der Waals surface area contributed by atoms with Crippen LogP contribution in [0.2, 0.25) is 0 Å². The van der Waals surface area contributed by atoms with Crippen LogP contribution in [0.15, 0.2) is 15.1 Å². The van der Waals surface area contributed by atoms with Crippen LogP contribution < -0.4 is 5.73 Å². The Bertz CT molecular complexity index is 318. The molecule has 0 radical (unpaired) electrons. The minimum Gasteiger partial charge on any atom is -0.325 e. The third-order valence-electron chi connectivity index (χ3n) is 1.49. The summed E-state index contributed by atoms with van der Waals surface area (Å²) < 4.78 is 25.5. The summed E-state index contributed by atoms with van der Waals surface area (Å²) in [4.78, 5) is 3.89. The van der Waals surface area contributed by atoms with E-state index in [2.05, 4.69) is 36.8 Å². The van der Waals surface area contributed by atoms with Crippen molar-refractivity contribution in [1.29, 1.82) is 0 Å². The lowest BCUT2D eigenvalue weighted by Crippen LogP contribution is -2.03. The van der Waals surface area contributed by atoms with Crippen molar-refractivity contribution >= 4 is 31.9 Å². The average molecular weight is 316 g/mol. The molecule has 2 N–H and O–H groups in total. The highest BCUT2D eigenvalue weighted by molar-refractivity contribution is 9.11. The third kappa shape index (κ3) is 2.24. The second-order valence-corrected chi connectivity index (χ2v) is 3.93. The van der Waals surface area contributed by atoms with Gasteiger partial charge in [-0.3, -0.25) is 4.98 Å². The van der Waals surface area contributed by atoms with Crippen LogP contribution in [0.1, 0.15) is 17.7 Å². The number of hydrogen-bond acceptors (Lipinski definition) is 2. The molecule has 6 heteroatoms. The number of aromatic nitrogens is 1. The Morgan fingerprint density at radius 3 is 2.54 bits per heavy atom. The molecule has 13 heavy (non-hydrogen) atoms. The molecule has 0 saturated carbocycles. The Balaban J connectivity index is 3.30. The van der Waals surface area contributed by atoms with Crippen molar-refractivity contribution in [2.24, 2.45) is 5.73 Å². The normalized spacial score (nSPS) is 10.9. The summed E-state index contributed by atoms with van der Waals surface area (Å²) >= 11 is 6.04. The summed E-state index contributed by atoms with van der Waals surface area (Å²) in [6.07, 6.45) is -1.22. The van der Waals surface area contributed by atoms with Gasteiger partial charge in [0.05, 0.1) is 10.2 Å². The van der Waals surface area contributed by atoms with Crippen molar-refractivity contribution in [2.75, 3.05) is 0 Å². The van der Waals surface area contributed by atoms with Gasteiger partial charge in [-0.15, -0.1) is 0 Å². The van der Waals surface area contributed by atoms with Gasteiger partial charge in [0.15, 0.2) is 0 Å². The molecule has 0 spiro atoms. The van der Waals surface area contributed by atoms with E-state index in [-0.39, 0.29) is 21.1 Å². The highest BCUT2D eigenvalue weighted by Gasteiger charge is 2.18. The van der Waals surface area contributed by atoms with Crippen molar-refractivity contribution < 1.29 is 8.78 Å². The molecule has 0 amide bonds. The fraction of sp³-hybridized carbons (Fsp3) is 0.286. The second kappa shape index (κ2) is 4.43. The van der Waals surface area contributed by atoms with Gasteiger partial charge in [-0.2, -0.15) is 0 Å². The van der Waals surface area contributed by atoms with Crippen LogP contribution >= 0.6 is 31.9 Å². The molecule has 1 aromatic rings. The molecular formula is C7H6Br2F2N2. The predicted octanol–water partition coefficient (Wildman–Crippen LogP) is 3.00. The molecule has 0 aromatic carbocycles. The van der Waals surface area contributed by atoms with Crippen molar-refractivity contribution in [2.45, 2.75) is 13.0 Å².